The molecule has 2 aliphatic rings. The molecule has 2 nitrogen and oxygen atoms in total. The van der Waals surface area contributed by atoms with Crippen LogP contribution in [0.3, 0.4) is 0 Å². The van der Waals surface area contributed by atoms with Crippen LogP contribution in [0.25, 0.3) is 11.1 Å². The van der Waals surface area contributed by atoms with E-state index in [9.17, 15) is 22.7 Å². The predicted molar refractivity (Wildman–Crippen MR) is 137 cm³/mol. The third-order valence-electron chi connectivity index (χ3n) is 7.96. The van der Waals surface area contributed by atoms with Crippen molar-refractivity contribution in [2.75, 3.05) is 0 Å². The molecule has 2 aromatic carbocycles. The topological polar surface area (TPSA) is 33.1 Å². The number of alkyl halides is 3. The molecule has 0 aliphatic heterocycles. The largest absolute Gasteiger partial charge is 0.416 e. The second-order valence-electron chi connectivity index (χ2n) is 11.5. The molecule has 0 saturated heterocycles. The van der Waals surface area contributed by atoms with Crippen LogP contribution >= 0.6 is 0 Å². The summed E-state index contributed by atoms with van der Waals surface area (Å²) >= 11 is 0. The molecule has 1 aromatic heterocycles. The van der Waals surface area contributed by atoms with Crippen molar-refractivity contribution in [3.8, 4) is 11.1 Å². The normalized spacial score (nSPS) is 20.0. The van der Waals surface area contributed by atoms with Gasteiger partial charge in [-0.1, -0.05) is 57.4 Å². The van der Waals surface area contributed by atoms with Gasteiger partial charge in [0.1, 0.15) is 5.82 Å². The summed E-state index contributed by atoms with van der Waals surface area (Å²) in [6, 6.07) is 11.6. The first-order chi connectivity index (χ1) is 17.5. The molecule has 1 fully saturated rings. The molecule has 0 radical (unpaired) electrons. The Morgan fingerprint density at radius 2 is 1.59 bits per heavy atom. The number of hydrogen-bond donors (Lipinski definition) is 1. The summed E-state index contributed by atoms with van der Waals surface area (Å²) in [5.74, 6) is -0.0879. The van der Waals surface area contributed by atoms with E-state index in [0.29, 0.717) is 12.8 Å². The first-order valence-electron chi connectivity index (χ1n) is 13.2. The lowest BCUT2D eigenvalue weighted by molar-refractivity contribution is -0.137. The number of aliphatic hydroxyl groups excluding tert-OH is 1. The van der Waals surface area contributed by atoms with Crippen molar-refractivity contribution in [3.63, 3.8) is 0 Å². The summed E-state index contributed by atoms with van der Waals surface area (Å²) in [5.41, 5.74) is 5.24. The minimum absolute atomic E-state index is 0.113. The molecule has 1 unspecified atom stereocenters. The van der Waals surface area contributed by atoms with Gasteiger partial charge < -0.3 is 5.11 Å². The van der Waals surface area contributed by atoms with Gasteiger partial charge in [0, 0.05) is 22.9 Å². The molecular weight excluding hydrogens is 478 g/mol. The van der Waals surface area contributed by atoms with E-state index in [0.717, 1.165) is 83.4 Å². The van der Waals surface area contributed by atoms with Crippen LogP contribution in [0.1, 0.15) is 98.0 Å². The number of halogens is 4. The molecule has 3 aromatic rings. The monoisotopic (exact) mass is 511 g/mol. The molecule has 1 N–H and O–H groups in total. The third-order valence-corrected chi connectivity index (χ3v) is 7.96. The smallest absolute Gasteiger partial charge is 0.388 e. The van der Waals surface area contributed by atoms with Gasteiger partial charge in [0.2, 0.25) is 0 Å². The maximum absolute atomic E-state index is 13.9. The first kappa shape index (κ1) is 25.9. The number of rotatable bonds is 4. The van der Waals surface area contributed by atoms with Gasteiger partial charge in [-0.15, -0.1) is 0 Å². The fourth-order valence-corrected chi connectivity index (χ4v) is 6.21. The van der Waals surface area contributed by atoms with Crippen LogP contribution in [0.2, 0.25) is 0 Å². The summed E-state index contributed by atoms with van der Waals surface area (Å²) in [5, 5.41) is 11.4. The number of aliphatic hydroxyl groups is 1. The van der Waals surface area contributed by atoms with Crippen LogP contribution in [-0.2, 0) is 19.0 Å². The van der Waals surface area contributed by atoms with Crippen molar-refractivity contribution in [3.05, 3.63) is 88.0 Å². The first-order valence-corrected chi connectivity index (χ1v) is 13.2. The quantitative estimate of drug-likeness (QED) is 0.356. The van der Waals surface area contributed by atoms with Gasteiger partial charge >= 0.3 is 6.18 Å². The predicted octanol–water partition coefficient (Wildman–Crippen LogP) is 8.55. The van der Waals surface area contributed by atoms with E-state index in [2.05, 4.69) is 13.8 Å². The van der Waals surface area contributed by atoms with Gasteiger partial charge in [0.25, 0.3) is 0 Å². The number of aromatic nitrogens is 1. The minimum Gasteiger partial charge on any atom is -0.388 e. The molecule has 196 valence electrons. The van der Waals surface area contributed by atoms with Gasteiger partial charge in [-0.3, -0.25) is 4.98 Å². The Bertz CT molecular complexity index is 1260. The second-order valence-corrected chi connectivity index (χ2v) is 11.5. The Morgan fingerprint density at radius 3 is 2.22 bits per heavy atom. The molecule has 1 heterocycles. The summed E-state index contributed by atoms with van der Waals surface area (Å²) in [4.78, 5) is 5.23. The lowest BCUT2D eigenvalue weighted by atomic mass is 9.71. The van der Waals surface area contributed by atoms with Gasteiger partial charge in [0.05, 0.1) is 11.7 Å². The van der Waals surface area contributed by atoms with Gasteiger partial charge in [-0.05, 0) is 84.0 Å². The van der Waals surface area contributed by atoms with Crippen LogP contribution in [0.15, 0.2) is 48.5 Å². The Labute approximate surface area is 215 Å². The number of benzene rings is 2. The Balaban J connectivity index is 1.72. The highest BCUT2D eigenvalue weighted by Crippen LogP contribution is 2.48. The fraction of sp³-hybridized carbons (Fsp3) is 0.452. The van der Waals surface area contributed by atoms with Gasteiger partial charge in [-0.2, -0.15) is 13.2 Å². The van der Waals surface area contributed by atoms with Crippen LogP contribution in [0.4, 0.5) is 17.6 Å². The van der Waals surface area contributed by atoms with Crippen LogP contribution < -0.4 is 0 Å². The molecule has 1 atom stereocenters. The summed E-state index contributed by atoms with van der Waals surface area (Å²) in [6.07, 6.45) is 2.03. The van der Waals surface area contributed by atoms with Crippen LogP contribution in [-0.4, -0.2) is 10.1 Å². The van der Waals surface area contributed by atoms with Crippen molar-refractivity contribution in [2.24, 2.45) is 5.41 Å². The maximum Gasteiger partial charge on any atom is 0.416 e. The lowest BCUT2D eigenvalue weighted by Crippen LogP contribution is -2.29. The average Bonchev–Trinajstić information content (AvgIpc) is 2.84. The number of hydrogen-bond acceptors (Lipinski definition) is 2. The molecule has 5 rings (SSSR count). The van der Waals surface area contributed by atoms with Gasteiger partial charge in [0.15, 0.2) is 0 Å². The van der Waals surface area contributed by atoms with E-state index < -0.39 is 17.8 Å². The zero-order chi connectivity index (χ0) is 26.4. The molecule has 0 spiro atoms. The van der Waals surface area contributed by atoms with E-state index in [1.165, 1.54) is 30.7 Å². The van der Waals surface area contributed by atoms with Crippen molar-refractivity contribution in [1.82, 2.24) is 4.98 Å². The molecular formula is C31H33F4NO. The zero-order valence-electron chi connectivity index (χ0n) is 21.3. The van der Waals surface area contributed by atoms with Crippen LogP contribution in [0.5, 0.6) is 0 Å². The van der Waals surface area contributed by atoms with E-state index in [4.69, 9.17) is 4.98 Å². The van der Waals surface area contributed by atoms with Crippen molar-refractivity contribution in [1.29, 1.82) is 0 Å². The lowest BCUT2D eigenvalue weighted by Gasteiger charge is -2.37. The second kappa shape index (κ2) is 9.86. The average molecular weight is 512 g/mol. The standard InChI is InChI=1S/C31H33F4NO/c1-30(2)17-25-28(26(37)18-30)27(20-10-14-23(32)15-11-20)24(29(36-25)21-6-4-3-5-7-21)16-19-8-12-22(13-9-19)31(33,34)35/h8-15,21,26,37H,3-7,16-18H2,1-2H3. The Kier molecular flexibility index (Phi) is 6.90. The highest BCUT2D eigenvalue weighted by molar-refractivity contribution is 5.74. The van der Waals surface area contributed by atoms with E-state index >= 15 is 0 Å². The van der Waals surface area contributed by atoms with Crippen molar-refractivity contribution in [2.45, 2.75) is 83.4 Å². The SMILES string of the molecule is CC1(C)Cc2nc(C3CCCCC3)c(Cc3ccc(C(F)(F)F)cc3)c(-c3ccc(F)cc3)c2C(O)C1. The van der Waals surface area contributed by atoms with E-state index in [1.807, 2.05) is 0 Å². The van der Waals surface area contributed by atoms with E-state index in [-0.39, 0.29) is 17.2 Å². The molecule has 0 bridgehead atoms. The van der Waals surface area contributed by atoms with Gasteiger partial charge in [-0.25, -0.2) is 4.39 Å². The number of nitrogens with zero attached hydrogens (tertiary/aromatic N) is 1. The molecule has 6 heteroatoms. The third kappa shape index (κ3) is 5.45. The van der Waals surface area contributed by atoms with Crippen LogP contribution in [0, 0.1) is 11.2 Å². The summed E-state index contributed by atoms with van der Waals surface area (Å²) in [7, 11) is 0. The highest BCUT2D eigenvalue weighted by atomic mass is 19.4. The van der Waals surface area contributed by atoms with E-state index in [1.54, 1.807) is 12.1 Å². The minimum atomic E-state index is -4.39. The summed E-state index contributed by atoms with van der Waals surface area (Å²) < 4.78 is 53.5. The Hall–Kier alpha value is -2.73. The fourth-order valence-electron chi connectivity index (χ4n) is 6.21. The van der Waals surface area contributed by atoms with Crippen molar-refractivity contribution >= 4 is 0 Å². The maximum atomic E-state index is 13.9. The molecule has 37 heavy (non-hydrogen) atoms. The molecule has 0 amide bonds. The molecule has 1 saturated carbocycles. The van der Waals surface area contributed by atoms with Crippen molar-refractivity contribution < 1.29 is 22.7 Å². The number of pyridine rings is 1. The molecule has 2 aliphatic carbocycles. The zero-order valence-corrected chi connectivity index (χ0v) is 21.3. The summed E-state index contributed by atoms with van der Waals surface area (Å²) in [6.45, 7) is 4.27. The number of fused-ring (bicyclic) bond motifs is 1. The highest BCUT2D eigenvalue weighted by Gasteiger charge is 2.37. The Morgan fingerprint density at radius 1 is 0.946 bits per heavy atom.